The molecular formula is C48H62N6O6. The van der Waals surface area contributed by atoms with Gasteiger partial charge in [0.15, 0.2) is 0 Å². The number of aliphatic carboxylic acids is 1. The van der Waals surface area contributed by atoms with Crippen LogP contribution in [0.1, 0.15) is 129 Å². The Morgan fingerprint density at radius 1 is 0.700 bits per heavy atom. The van der Waals surface area contributed by atoms with Gasteiger partial charge in [-0.1, -0.05) is 52.4 Å². The van der Waals surface area contributed by atoms with Gasteiger partial charge in [-0.05, 0) is 123 Å². The van der Waals surface area contributed by atoms with Crippen LogP contribution in [-0.4, -0.2) is 62.4 Å². The molecule has 2 heterocycles. The minimum Gasteiger partial charge on any atom is -0.497 e. The van der Waals surface area contributed by atoms with E-state index in [0.717, 1.165) is 71.2 Å². The van der Waals surface area contributed by atoms with Crippen LogP contribution in [0, 0.1) is 11.8 Å². The topological polar surface area (TPSA) is 153 Å². The lowest BCUT2D eigenvalue weighted by molar-refractivity contribution is -0.136. The van der Waals surface area contributed by atoms with Crippen molar-refractivity contribution < 1.29 is 29.3 Å². The summed E-state index contributed by atoms with van der Waals surface area (Å²) in [6.45, 7) is 4.34. The first-order valence-electron chi connectivity index (χ1n) is 21.7. The summed E-state index contributed by atoms with van der Waals surface area (Å²) in [5.74, 6) is 1.31. The molecule has 0 radical (unpaired) electrons. The summed E-state index contributed by atoms with van der Waals surface area (Å²) in [5, 5.41) is 35.6. The van der Waals surface area contributed by atoms with Crippen molar-refractivity contribution in [3.8, 4) is 22.9 Å². The van der Waals surface area contributed by atoms with E-state index in [-0.39, 0.29) is 24.9 Å². The fourth-order valence-corrected chi connectivity index (χ4v) is 8.54. The quantitative estimate of drug-likeness (QED) is 0.0763. The molecule has 320 valence electrons. The first kappa shape index (κ1) is 43.9. The molecule has 60 heavy (non-hydrogen) atoms. The Bertz CT molecular complexity index is 2100. The number of aliphatic hydroxyl groups is 1. The van der Waals surface area contributed by atoms with E-state index in [2.05, 4.69) is 35.8 Å². The SMILES string of the molecule is CCc1nn(-c2ccc(OC)cc2)cc1C(Nc1ccc(C(=O)NCCC(=O)O)cc1)C1CCCCC1.CCc1nn(-c2ccc(OC)cc2)cc1C(O)C1CCCCC1. The lowest BCUT2D eigenvalue weighted by Gasteiger charge is -2.32. The summed E-state index contributed by atoms with van der Waals surface area (Å²) in [6, 6.07) is 23.2. The number of amides is 1. The summed E-state index contributed by atoms with van der Waals surface area (Å²) in [7, 11) is 3.33. The molecule has 0 spiro atoms. The second kappa shape index (κ2) is 21.6. The smallest absolute Gasteiger partial charge is 0.305 e. The van der Waals surface area contributed by atoms with Gasteiger partial charge in [0, 0.05) is 41.3 Å². The molecule has 2 aliphatic carbocycles. The number of carboxylic acids is 1. The summed E-state index contributed by atoms with van der Waals surface area (Å²) >= 11 is 0. The standard InChI is InChI=1S/C29H36N4O4.C19H26N2O2/c1-3-26-25(19-33(32-26)23-13-15-24(37-2)16-14-23)28(20-7-5-4-6-8-20)31-22-11-9-21(10-12-22)29(36)30-18-17-27(34)35;1-3-18-17(19(22)14-7-5-4-6-8-14)13-21(20-18)15-9-11-16(23-2)12-10-15/h9-16,19-20,28,31H,3-8,17-18H2,1-2H3,(H,30,36)(H,34,35);9-14,19,22H,3-8H2,1-2H3. The maximum Gasteiger partial charge on any atom is 0.305 e. The number of hydrogen-bond donors (Lipinski definition) is 4. The lowest BCUT2D eigenvalue weighted by atomic mass is 9.81. The molecule has 2 atom stereocenters. The van der Waals surface area contributed by atoms with Crippen molar-refractivity contribution in [1.29, 1.82) is 0 Å². The van der Waals surface area contributed by atoms with Crippen LogP contribution in [0.15, 0.2) is 85.2 Å². The number of rotatable bonds is 16. The first-order valence-corrected chi connectivity index (χ1v) is 21.7. The van der Waals surface area contributed by atoms with Gasteiger partial charge < -0.3 is 30.3 Å². The Hall–Kier alpha value is -5.62. The van der Waals surface area contributed by atoms with E-state index in [4.69, 9.17) is 19.7 Å². The largest absolute Gasteiger partial charge is 0.497 e. The summed E-state index contributed by atoms with van der Waals surface area (Å²) in [5.41, 5.74) is 7.71. The highest BCUT2D eigenvalue weighted by atomic mass is 16.5. The third kappa shape index (κ3) is 11.3. The molecule has 12 nitrogen and oxygen atoms in total. The van der Waals surface area contributed by atoms with Gasteiger partial charge in [0.05, 0.1) is 55.5 Å². The zero-order valence-electron chi connectivity index (χ0n) is 35.6. The maximum absolute atomic E-state index is 12.3. The van der Waals surface area contributed by atoms with Gasteiger partial charge in [0.1, 0.15) is 11.5 Å². The molecule has 4 N–H and O–H groups in total. The number of carbonyl (C=O) groups is 2. The predicted octanol–water partition coefficient (Wildman–Crippen LogP) is 9.44. The van der Waals surface area contributed by atoms with Gasteiger partial charge in [-0.25, -0.2) is 9.36 Å². The molecule has 2 aliphatic rings. The highest BCUT2D eigenvalue weighted by Crippen LogP contribution is 2.39. The average Bonchev–Trinajstić information content (AvgIpc) is 3.94. The van der Waals surface area contributed by atoms with Crippen LogP contribution in [0.4, 0.5) is 5.69 Å². The Balaban J connectivity index is 0.000000224. The predicted molar refractivity (Wildman–Crippen MR) is 234 cm³/mol. The zero-order valence-corrected chi connectivity index (χ0v) is 35.6. The molecule has 5 aromatic rings. The number of nitrogens with one attached hydrogen (secondary N) is 2. The van der Waals surface area contributed by atoms with E-state index in [1.807, 2.05) is 76.2 Å². The van der Waals surface area contributed by atoms with Crippen molar-refractivity contribution in [2.24, 2.45) is 11.8 Å². The number of aromatic nitrogens is 4. The van der Waals surface area contributed by atoms with E-state index < -0.39 is 12.1 Å². The number of nitrogens with zero attached hydrogens (tertiary/aromatic N) is 4. The maximum atomic E-state index is 12.3. The zero-order chi connectivity index (χ0) is 42.4. The fraction of sp³-hybridized carbons (Fsp3) is 0.458. The highest BCUT2D eigenvalue weighted by molar-refractivity contribution is 5.94. The van der Waals surface area contributed by atoms with Crippen molar-refractivity contribution >= 4 is 17.6 Å². The molecule has 2 saturated carbocycles. The van der Waals surface area contributed by atoms with Crippen LogP contribution in [0.3, 0.4) is 0 Å². The normalized spacial score (nSPS) is 15.6. The molecule has 0 saturated heterocycles. The van der Waals surface area contributed by atoms with Crippen molar-refractivity contribution in [3.05, 3.63) is 113 Å². The number of anilines is 1. The van der Waals surface area contributed by atoms with Crippen molar-refractivity contribution in [3.63, 3.8) is 0 Å². The third-order valence-electron chi connectivity index (χ3n) is 12.0. The van der Waals surface area contributed by atoms with Crippen LogP contribution in [0.2, 0.25) is 0 Å². The number of aliphatic hydroxyl groups excluding tert-OH is 1. The van der Waals surface area contributed by atoms with Gasteiger partial charge in [-0.15, -0.1) is 0 Å². The van der Waals surface area contributed by atoms with Crippen LogP contribution in [-0.2, 0) is 17.6 Å². The molecular weight excluding hydrogens is 757 g/mol. The fourth-order valence-electron chi connectivity index (χ4n) is 8.54. The van der Waals surface area contributed by atoms with Crippen LogP contribution in [0.5, 0.6) is 11.5 Å². The average molecular weight is 819 g/mol. The van der Waals surface area contributed by atoms with Crippen LogP contribution >= 0.6 is 0 Å². The van der Waals surface area contributed by atoms with Crippen LogP contribution < -0.4 is 20.1 Å². The molecule has 2 unspecified atom stereocenters. The van der Waals surface area contributed by atoms with Crippen molar-refractivity contribution in [2.45, 2.75) is 109 Å². The molecule has 3 aromatic carbocycles. The number of methoxy groups -OCH3 is 2. The summed E-state index contributed by atoms with van der Waals surface area (Å²) < 4.78 is 14.3. The molecule has 0 bridgehead atoms. The Morgan fingerprint density at radius 3 is 1.67 bits per heavy atom. The van der Waals surface area contributed by atoms with Crippen molar-refractivity contribution in [2.75, 3.05) is 26.1 Å². The number of carbonyl (C=O) groups excluding carboxylic acids is 1. The van der Waals surface area contributed by atoms with Gasteiger partial charge >= 0.3 is 5.97 Å². The van der Waals surface area contributed by atoms with E-state index in [1.54, 1.807) is 26.4 Å². The molecule has 2 aromatic heterocycles. The van der Waals surface area contributed by atoms with E-state index in [0.29, 0.717) is 17.4 Å². The van der Waals surface area contributed by atoms with Gasteiger partial charge in [0.25, 0.3) is 5.91 Å². The number of carboxylic acid groups (broad SMARTS) is 1. The highest BCUT2D eigenvalue weighted by Gasteiger charge is 2.29. The molecule has 2 fully saturated rings. The van der Waals surface area contributed by atoms with E-state index in [9.17, 15) is 14.7 Å². The molecule has 7 rings (SSSR count). The molecule has 12 heteroatoms. The number of ether oxygens (including phenoxy) is 2. The summed E-state index contributed by atoms with van der Waals surface area (Å²) in [4.78, 5) is 23.0. The Morgan fingerprint density at radius 2 is 1.18 bits per heavy atom. The van der Waals surface area contributed by atoms with Crippen molar-refractivity contribution in [1.82, 2.24) is 24.9 Å². The molecule has 1 amide bonds. The number of hydrogen-bond acceptors (Lipinski definition) is 8. The van der Waals surface area contributed by atoms with Crippen LogP contribution in [0.25, 0.3) is 11.4 Å². The summed E-state index contributed by atoms with van der Waals surface area (Å²) in [6.07, 6.45) is 17.4. The first-order chi connectivity index (χ1) is 29.2. The van der Waals surface area contributed by atoms with E-state index in [1.165, 1.54) is 56.9 Å². The van der Waals surface area contributed by atoms with E-state index >= 15 is 0 Å². The minimum atomic E-state index is -0.935. The van der Waals surface area contributed by atoms with Gasteiger partial charge in [0.2, 0.25) is 0 Å². The Kier molecular flexibility index (Phi) is 15.8. The number of aryl methyl sites for hydroxylation is 2. The number of benzene rings is 3. The Labute approximate surface area is 354 Å². The lowest BCUT2D eigenvalue weighted by Crippen LogP contribution is -2.26. The second-order valence-electron chi connectivity index (χ2n) is 15.9. The monoisotopic (exact) mass is 818 g/mol. The third-order valence-corrected chi connectivity index (χ3v) is 12.0. The minimum absolute atomic E-state index is 0.0988. The van der Waals surface area contributed by atoms with Gasteiger partial charge in [-0.2, -0.15) is 10.2 Å². The van der Waals surface area contributed by atoms with Gasteiger partial charge in [-0.3, -0.25) is 9.59 Å². The molecule has 0 aliphatic heterocycles. The second-order valence-corrected chi connectivity index (χ2v) is 15.9.